The Morgan fingerprint density at radius 2 is 2.05 bits per heavy atom. The van der Waals surface area contributed by atoms with E-state index >= 15 is 0 Å². The van der Waals surface area contributed by atoms with E-state index in [0.29, 0.717) is 25.6 Å². The maximum Gasteiger partial charge on any atom is 0.223 e. The first-order valence-electron chi connectivity index (χ1n) is 7.19. The zero-order chi connectivity index (χ0) is 15.4. The van der Waals surface area contributed by atoms with Crippen LogP contribution in [0.5, 0.6) is 0 Å². The average Bonchev–Trinajstić information content (AvgIpc) is 2.55. The van der Waals surface area contributed by atoms with Gasteiger partial charge in [-0.3, -0.25) is 9.97 Å². The third kappa shape index (κ3) is 3.59. The van der Waals surface area contributed by atoms with E-state index < -0.39 is 0 Å². The van der Waals surface area contributed by atoms with Crippen LogP contribution in [0.4, 0.5) is 17.6 Å². The van der Waals surface area contributed by atoms with Crippen molar-refractivity contribution >= 4 is 17.6 Å². The Bertz CT molecular complexity index is 626. The van der Waals surface area contributed by atoms with Gasteiger partial charge in [0.25, 0.3) is 0 Å². The Labute approximate surface area is 128 Å². The minimum absolute atomic E-state index is 0.251. The van der Waals surface area contributed by atoms with E-state index in [1.165, 1.54) is 0 Å². The van der Waals surface area contributed by atoms with Gasteiger partial charge in [-0.15, -0.1) is 0 Å². The molecular weight excluding hydrogens is 282 g/mol. The fraction of sp³-hybridized carbons (Fsp3) is 0.429. The van der Waals surface area contributed by atoms with Crippen molar-refractivity contribution in [3.63, 3.8) is 0 Å². The van der Waals surface area contributed by atoms with Crippen molar-refractivity contribution in [3.05, 3.63) is 29.8 Å². The highest BCUT2D eigenvalue weighted by Crippen LogP contribution is 2.18. The highest BCUT2D eigenvalue weighted by Gasteiger charge is 2.14. The van der Waals surface area contributed by atoms with Crippen LogP contribution in [-0.2, 0) is 11.3 Å². The second kappa shape index (κ2) is 6.52. The van der Waals surface area contributed by atoms with Crippen LogP contribution < -0.4 is 16.0 Å². The van der Waals surface area contributed by atoms with Crippen LogP contribution in [0.1, 0.15) is 11.4 Å². The van der Waals surface area contributed by atoms with Crippen molar-refractivity contribution < 1.29 is 4.74 Å². The summed E-state index contributed by atoms with van der Waals surface area (Å²) in [6.45, 7) is 5.45. The first kappa shape index (κ1) is 14.5. The van der Waals surface area contributed by atoms with Gasteiger partial charge in [-0.2, -0.15) is 9.97 Å². The third-order valence-corrected chi connectivity index (χ3v) is 3.35. The molecule has 0 aliphatic carbocycles. The van der Waals surface area contributed by atoms with Gasteiger partial charge in [0.1, 0.15) is 11.6 Å². The lowest BCUT2D eigenvalue weighted by atomic mass is 10.3. The maximum absolute atomic E-state index is 5.81. The quantitative estimate of drug-likeness (QED) is 0.846. The van der Waals surface area contributed by atoms with Crippen molar-refractivity contribution in [1.29, 1.82) is 0 Å². The number of nitrogens with zero attached hydrogens (tertiary/aromatic N) is 5. The second-order valence-corrected chi connectivity index (χ2v) is 5.07. The summed E-state index contributed by atoms with van der Waals surface area (Å²) in [6.07, 6.45) is 3.49. The number of hydrogen-bond donors (Lipinski definition) is 2. The lowest BCUT2D eigenvalue weighted by molar-refractivity contribution is 0.122. The van der Waals surface area contributed by atoms with Crippen LogP contribution >= 0.6 is 0 Å². The highest BCUT2D eigenvalue weighted by atomic mass is 16.5. The highest BCUT2D eigenvalue weighted by molar-refractivity contribution is 5.52. The Morgan fingerprint density at radius 1 is 1.23 bits per heavy atom. The second-order valence-electron chi connectivity index (χ2n) is 5.07. The van der Waals surface area contributed by atoms with Crippen LogP contribution in [0.25, 0.3) is 0 Å². The van der Waals surface area contributed by atoms with E-state index in [-0.39, 0.29) is 5.95 Å². The van der Waals surface area contributed by atoms with E-state index in [1.54, 1.807) is 12.4 Å². The van der Waals surface area contributed by atoms with Crippen molar-refractivity contribution in [1.82, 2.24) is 19.9 Å². The summed E-state index contributed by atoms with van der Waals surface area (Å²) < 4.78 is 5.35. The minimum atomic E-state index is 0.251. The van der Waals surface area contributed by atoms with Crippen LogP contribution in [0, 0.1) is 6.92 Å². The molecule has 3 heterocycles. The molecule has 1 saturated heterocycles. The monoisotopic (exact) mass is 301 g/mol. The molecule has 1 fully saturated rings. The molecule has 8 nitrogen and oxygen atoms in total. The van der Waals surface area contributed by atoms with Crippen LogP contribution in [0.2, 0.25) is 0 Å². The van der Waals surface area contributed by atoms with Crippen LogP contribution in [0.3, 0.4) is 0 Å². The Balaban J connectivity index is 1.70. The van der Waals surface area contributed by atoms with E-state index in [0.717, 1.165) is 30.3 Å². The predicted octanol–water partition coefficient (Wildman–Crippen LogP) is 0.606. The Morgan fingerprint density at radius 3 is 2.77 bits per heavy atom. The van der Waals surface area contributed by atoms with Crippen LogP contribution in [-0.4, -0.2) is 46.2 Å². The third-order valence-electron chi connectivity index (χ3n) is 3.35. The fourth-order valence-corrected chi connectivity index (χ4v) is 2.19. The number of hydrogen-bond acceptors (Lipinski definition) is 8. The zero-order valence-electron chi connectivity index (χ0n) is 12.5. The summed E-state index contributed by atoms with van der Waals surface area (Å²) in [5.74, 6) is 1.74. The summed E-state index contributed by atoms with van der Waals surface area (Å²) >= 11 is 0. The fourth-order valence-electron chi connectivity index (χ4n) is 2.19. The molecule has 116 valence electrons. The molecule has 1 aliphatic rings. The molecule has 2 aromatic rings. The van der Waals surface area contributed by atoms with Gasteiger partial charge in [0.15, 0.2) is 0 Å². The minimum Gasteiger partial charge on any atom is -0.378 e. The molecule has 3 rings (SSSR count). The summed E-state index contributed by atoms with van der Waals surface area (Å²) in [4.78, 5) is 19.2. The predicted molar refractivity (Wildman–Crippen MR) is 83.6 cm³/mol. The Kier molecular flexibility index (Phi) is 4.29. The Hall–Kier alpha value is -2.48. The molecule has 0 radical (unpaired) electrons. The number of rotatable bonds is 4. The van der Waals surface area contributed by atoms with Crippen LogP contribution in [0.15, 0.2) is 18.5 Å². The number of nitrogens with one attached hydrogen (secondary N) is 1. The van der Waals surface area contributed by atoms with Crippen molar-refractivity contribution in [2.24, 2.45) is 0 Å². The SMILES string of the molecule is Cc1cnc(CNc2cc(N3CCOCC3)nc(N)n2)cn1. The maximum atomic E-state index is 5.81. The van der Waals surface area contributed by atoms with Gasteiger partial charge in [0.05, 0.1) is 37.3 Å². The van der Waals surface area contributed by atoms with Gasteiger partial charge in [-0.05, 0) is 6.92 Å². The smallest absolute Gasteiger partial charge is 0.223 e. The normalized spacial score (nSPS) is 14.9. The number of nitrogen functional groups attached to an aromatic ring is 1. The van der Waals surface area contributed by atoms with Gasteiger partial charge >= 0.3 is 0 Å². The standard InChI is InChI=1S/C14H19N7O/c1-10-7-17-11(8-16-10)9-18-12-6-13(20-14(15)19-12)21-2-4-22-5-3-21/h6-8H,2-5,9H2,1H3,(H3,15,18,19,20). The van der Waals surface area contributed by atoms with Gasteiger partial charge in [-0.25, -0.2) is 0 Å². The molecule has 0 amide bonds. The molecule has 2 aromatic heterocycles. The van der Waals surface area contributed by atoms with E-state index in [4.69, 9.17) is 10.5 Å². The molecular formula is C14H19N7O. The molecule has 0 atom stereocenters. The number of aromatic nitrogens is 4. The van der Waals surface area contributed by atoms with E-state index in [2.05, 4.69) is 30.2 Å². The zero-order valence-corrected chi connectivity index (χ0v) is 12.5. The molecule has 3 N–H and O–H groups in total. The number of morpholine rings is 1. The first-order chi connectivity index (χ1) is 10.7. The molecule has 0 aromatic carbocycles. The topological polar surface area (TPSA) is 102 Å². The lowest BCUT2D eigenvalue weighted by Crippen LogP contribution is -2.37. The van der Waals surface area contributed by atoms with Gasteiger partial charge in [0.2, 0.25) is 5.95 Å². The number of nitrogens with two attached hydrogens (primary N) is 1. The van der Waals surface area contributed by atoms with Crippen molar-refractivity contribution in [3.8, 4) is 0 Å². The summed E-state index contributed by atoms with van der Waals surface area (Å²) in [5, 5.41) is 3.21. The number of ether oxygens (including phenoxy) is 1. The van der Waals surface area contributed by atoms with Gasteiger partial charge in [0, 0.05) is 25.4 Å². The largest absolute Gasteiger partial charge is 0.378 e. The van der Waals surface area contributed by atoms with Crippen molar-refractivity contribution in [2.75, 3.05) is 42.3 Å². The molecule has 8 heteroatoms. The number of anilines is 3. The lowest BCUT2D eigenvalue weighted by Gasteiger charge is -2.28. The van der Waals surface area contributed by atoms with Gasteiger partial charge < -0.3 is 20.7 Å². The molecule has 0 bridgehead atoms. The van der Waals surface area contributed by atoms with Gasteiger partial charge in [-0.1, -0.05) is 0 Å². The molecule has 0 spiro atoms. The molecule has 0 unspecified atom stereocenters. The summed E-state index contributed by atoms with van der Waals surface area (Å²) in [7, 11) is 0. The van der Waals surface area contributed by atoms with Crippen molar-refractivity contribution in [2.45, 2.75) is 13.5 Å². The first-order valence-corrected chi connectivity index (χ1v) is 7.19. The number of aryl methyl sites for hydroxylation is 1. The summed E-state index contributed by atoms with van der Waals surface area (Å²) in [6, 6.07) is 1.89. The molecule has 1 aliphatic heterocycles. The average molecular weight is 301 g/mol. The molecule has 22 heavy (non-hydrogen) atoms. The van der Waals surface area contributed by atoms with E-state index in [9.17, 15) is 0 Å². The summed E-state index contributed by atoms with van der Waals surface area (Å²) in [5.41, 5.74) is 7.54. The van der Waals surface area contributed by atoms with E-state index in [1.807, 2.05) is 13.0 Å². The molecule has 0 saturated carbocycles.